The van der Waals surface area contributed by atoms with E-state index in [9.17, 15) is 4.79 Å². The van der Waals surface area contributed by atoms with Crippen LogP contribution in [0.1, 0.15) is 47.0 Å². The van der Waals surface area contributed by atoms with Gasteiger partial charge in [0.25, 0.3) is 0 Å². The Hall–Kier alpha value is -0.650. The Kier molecular flexibility index (Phi) is 6.92. The summed E-state index contributed by atoms with van der Waals surface area (Å²) in [6, 6.07) is 0. The second-order valence-corrected chi connectivity index (χ2v) is 6.24. The molecule has 0 spiro atoms. The van der Waals surface area contributed by atoms with Crippen molar-refractivity contribution in [3.8, 4) is 0 Å². The average Bonchev–Trinajstić information content (AvgIpc) is 2.35. The van der Waals surface area contributed by atoms with E-state index in [1.165, 1.54) is 0 Å². The summed E-state index contributed by atoms with van der Waals surface area (Å²) >= 11 is 0. The molecule has 3 atom stereocenters. The molecule has 1 amide bonds. The van der Waals surface area contributed by atoms with Crippen LogP contribution in [0.5, 0.6) is 0 Å². The molecule has 1 aliphatic heterocycles. The minimum Gasteiger partial charge on any atom is -0.373 e. The van der Waals surface area contributed by atoms with Gasteiger partial charge in [0.05, 0.1) is 17.7 Å². The van der Waals surface area contributed by atoms with Gasteiger partial charge in [-0.05, 0) is 53.1 Å². The van der Waals surface area contributed by atoms with Crippen molar-refractivity contribution >= 4 is 5.91 Å². The Morgan fingerprint density at radius 3 is 2.50 bits per heavy atom. The molecule has 3 N–H and O–H groups in total. The van der Waals surface area contributed by atoms with Crippen LogP contribution < -0.4 is 11.1 Å². The van der Waals surface area contributed by atoms with Gasteiger partial charge in [0.15, 0.2) is 0 Å². The first kappa shape index (κ1) is 17.4. The number of ether oxygens (including phenoxy) is 1. The lowest BCUT2D eigenvalue weighted by Crippen LogP contribution is -2.54. The fourth-order valence-corrected chi connectivity index (χ4v) is 2.82. The van der Waals surface area contributed by atoms with Crippen molar-refractivity contribution in [1.29, 1.82) is 0 Å². The number of primary amides is 1. The number of nitrogens with zero attached hydrogens (tertiary/aromatic N) is 1. The molecule has 118 valence electrons. The average molecular weight is 285 g/mol. The second-order valence-electron chi connectivity index (χ2n) is 6.24. The van der Waals surface area contributed by atoms with Crippen molar-refractivity contribution in [1.82, 2.24) is 10.2 Å². The van der Waals surface area contributed by atoms with Gasteiger partial charge in [0.1, 0.15) is 0 Å². The molecule has 0 aromatic heterocycles. The molecule has 0 saturated carbocycles. The molecule has 1 fully saturated rings. The second kappa shape index (κ2) is 7.96. The van der Waals surface area contributed by atoms with Crippen molar-refractivity contribution in [2.24, 2.45) is 5.73 Å². The van der Waals surface area contributed by atoms with Crippen molar-refractivity contribution in [3.05, 3.63) is 0 Å². The number of amides is 1. The quantitative estimate of drug-likeness (QED) is 0.701. The van der Waals surface area contributed by atoms with Crippen LogP contribution in [0.2, 0.25) is 0 Å². The van der Waals surface area contributed by atoms with Gasteiger partial charge in [-0.3, -0.25) is 9.69 Å². The van der Waals surface area contributed by atoms with Gasteiger partial charge in [0, 0.05) is 13.1 Å². The molecule has 0 aromatic rings. The van der Waals surface area contributed by atoms with Gasteiger partial charge >= 0.3 is 0 Å². The molecule has 1 unspecified atom stereocenters. The van der Waals surface area contributed by atoms with E-state index in [0.29, 0.717) is 12.2 Å². The summed E-state index contributed by atoms with van der Waals surface area (Å²) in [5.74, 6) is -0.255. The van der Waals surface area contributed by atoms with Crippen LogP contribution in [-0.2, 0) is 9.53 Å². The van der Waals surface area contributed by atoms with Crippen LogP contribution in [0.15, 0.2) is 0 Å². The zero-order valence-corrected chi connectivity index (χ0v) is 13.4. The monoisotopic (exact) mass is 285 g/mol. The van der Waals surface area contributed by atoms with Crippen LogP contribution in [0, 0.1) is 0 Å². The SMILES string of the molecule is CCCNC(C)(CCCN1C[C@@H](C)O[C@@H](C)C1)C(N)=O. The molecular formula is C15H31N3O2. The third-order valence-corrected chi connectivity index (χ3v) is 3.96. The van der Waals surface area contributed by atoms with Crippen molar-refractivity contribution < 1.29 is 9.53 Å². The number of nitrogens with two attached hydrogens (primary N) is 1. The fourth-order valence-electron chi connectivity index (χ4n) is 2.82. The van der Waals surface area contributed by atoms with E-state index in [-0.39, 0.29) is 5.91 Å². The van der Waals surface area contributed by atoms with E-state index in [1.807, 2.05) is 6.92 Å². The minimum absolute atomic E-state index is 0.255. The first-order valence-electron chi connectivity index (χ1n) is 7.80. The van der Waals surface area contributed by atoms with Crippen molar-refractivity contribution in [2.75, 3.05) is 26.2 Å². The molecule has 1 aliphatic rings. The lowest BCUT2D eigenvalue weighted by atomic mass is 9.94. The maximum atomic E-state index is 11.6. The van der Waals surface area contributed by atoms with E-state index in [1.54, 1.807) is 0 Å². The minimum atomic E-state index is -0.584. The van der Waals surface area contributed by atoms with E-state index < -0.39 is 5.54 Å². The molecule has 20 heavy (non-hydrogen) atoms. The molecule has 5 nitrogen and oxygen atoms in total. The number of carbonyl (C=O) groups is 1. The van der Waals surface area contributed by atoms with Crippen LogP contribution in [0.25, 0.3) is 0 Å². The van der Waals surface area contributed by atoms with Crippen LogP contribution in [0.4, 0.5) is 0 Å². The molecule has 0 aliphatic carbocycles. The smallest absolute Gasteiger partial charge is 0.237 e. The number of hydrogen-bond donors (Lipinski definition) is 2. The summed E-state index contributed by atoms with van der Waals surface area (Å²) in [6.07, 6.45) is 3.33. The predicted octanol–water partition coefficient (Wildman–Crippen LogP) is 1.12. The highest BCUT2D eigenvalue weighted by atomic mass is 16.5. The highest BCUT2D eigenvalue weighted by molar-refractivity contribution is 5.84. The normalized spacial score (nSPS) is 27.2. The van der Waals surface area contributed by atoms with Gasteiger partial charge in [-0.25, -0.2) is 0 Å². The summed E-state index contributed by atoms with van der Waals surface area (Å²) < 4.78 is 5.73. The maximum Gasteiger partial charge on any atom is 0.237 e. The Morgan fingerprint density at radius 1 is 1.40 bits per heavy atom. The zero-order valence-electron chi connectivity index (χ0n) is 13.4. The predicted molar refractivity (Wildman–Crippen MR) is 81.6 cm³/mol. The van der Waals surface area contributed by atoms with E-state index in [4.69, 9.17) is 10.5 Å². The lowest BCUT2D eigenvalue weighted by molar-refractivity contribution is -0.124. The number of carbonyl (C=O) groups excluding carboxylic acids is 1. The summed E-state index contributed by atoms with van der Waals surface area (Å²) in [4.78, 5) is 14.1. The third-order valence-electron chi connectivity index (χ3n) is 3.96. The van der Waals surface area contributed by atoms with Crippen molar-refractivity contribution in [2.45, 2.75) is 64.7 Å². The van der Waals surface area contributed by atoms with Gasteiger partial charge in [-0.15, -0.1) is 0 Å². The number of nitrogens with one attached hydrogen (secondary N) is 1. The van der Waals surface area contributed by atoms with Crippen LogP contribution in [-0.4, -0.2) is 54.7 Å². The van der Waals surface area contributed by atoms with E-state index in [0.717, 1.165) is 45.4 Å². The van der Waals surface area contributed by atoms with Gasteiger partial charge < -0.3 is 15.8 Å². The van der Waals surface area contributed by atoms with Crippen molar-refractivity contribution in [3.63, 3.8) is 0 Å². The molecule has 0 aromatic carbocycles. The first-order valence-corrected chi connectivity index (χ1v) is 7.80. The van der Waals surface area contributed by atoms with Gasteiger partial charge in [-0.1, -0.05) is 6.92 Å². The number of morpholine rings is 1. The summed E-state index contributed by atoms with van der Waals surface area (Å²) in [7, 11) is 0. The highest BCUT2D eigenvalue weighted by Crippen LogP contribution is 2.15. The Bertz CT molecular complexity index is 301. The van der Waals surface area contributed by atoms with Gasteiger partial charge in [-0.2, -0.15) is 0 Å². The van der Waals surface area contributed by atoms with Crippen LogP contribution >= 0.6 is 0 Å². The maximum absolute atomic E-state index is 11.6. The van der Waals surface area contributed by atoms with Gasteiger partial charge in [0.2, 0.25) is 5.91 Å². The molecule has 1 heterocycles. The summed E-state index contributed by atoms with van der Waals surface area (Å²) in [5, 5.41) is 3.28. The fraction of sp³-hybridized carbons (Fsp3) is 0.933. The molecule has 1 rings (SSSR count). The lowest BCUT2D eigenvalue weighted by Gasteiger charge is -2.36. The summed E-state index contributed by atoms with van der Waals surface area (Å²) in [5.41, 5.74) is 4.96. The highest BCUT2D eigenvalue weighted by Gasteiger charge is 2.30. The van der Waals surface area contributed by atoms with E-state index >= 15 is 0 Å². The summed E-state index contributed by atoms with van der Waals surface area (Å²) in [6.45, 7) is 12.0. The Labute approximate surface area is 123 Å². The molecular weight excluding hydrogens is 254 g/mol. The standard InChI is InChI=1S/C15H31N3O2/c1-5-8-17-15(4,14(16)19)7-6-9-18-10-12(2)20-13(3)11-18/h12-13,17H,5-11H2,1-4H3,(H2,16,19)/t12-,13+,15?. The molecule has 5 heteroatoms. The Morgan fingerprint density at radius 2 is 2.00 bits per heavy atom. The first-order chi connectivity index (χ1) is 9.37. The number of hydrogen-bond acceptors (Lipinski definition) is 4. The molecule has 0 bridgehead atoms. The van der Waals surface area contributed by atoms with Crippen LogP contribution in [0.3, 0.4) is 0 Å². The molecule has 0 radical (unpaired) electrons. The molecule has 1 saturated heterocycles. The topological polar surface area (TPSA) is 67.6 Å². The third kappa shape index (κ3) is 5.38. The Balaban J connectivity index is 2.38. The largest absolute Gasteiger partial charge is 0.373 e. The zero-order chi connectivity index (χ0) is 15.2. The van der Waals surface area contributed by atoms with E-state index in [2.05, 4.69) is 31.0 Å². The number of rotatable bonds is 8.